The Morgan fingerprint density at radius 2 is 1.90 bits per heavy atom. The van der Waals surface area contributed by atoms with Crippen LogP contribution < -0.4 is 5.32 Å². The lowest BCUT2D eigenvalue weighted by atomic mass is 9.91. The van der Waals surface area contributed by atoms with Gasteiger partial charge >= 0.3 is 0 Å². The van der Waals surface area contributed by atoms with Crippen LogP contribution in [0.4, 0.5) is 0 Å². The van der Waals surface area contributed by atoms with Gasteiger partial charge in [-0.1, -0.05) is 23.8 Å². The Kier molecular flexibility index (Phi) is 4.00. The van der Waals surface area contributed by atoms with E-state index in [9.17, 15) is 9.90 Å². The Labute approximate surface area is 126 Å². The second kappa shape index (κ2) is 5.78. The van der Waals surface area contributed by atoms with Crippen LogP contribution in [0.25, 0.3) is 0 Å². The van der Waals surface area contributed by atoms with Crippen LogP contribution in [0.15, 0.2) is 18.2 Å². The average molecular weight is 288 g/mol. The van der Waals surface area contributed by atoms with Crippen LogP contribution >= 0.6 is 0 Å². The highest BCUT2D eigenvalue weighted by Gasteiger charge is 2.38. The minimum Gasteiger partial charge on any atom is -0.393 e. The number of benzene rings is 1. The molecule has 4 heteroatoms. The second-order valence-corrected chi connectivity index (χ2v) is 6.41. The van der Waals surface area contributed by atoms with Crippen LogP contribution in [0.5, 0.6) is 0 Å². The molecule has 1 unspecified atom stereocenters. The molecule has 1 heterocycles. The molecule has 1 amide bonds. The van der Waals surface area contributed by atoms with E-state index < -0.39 is 0 Å². The number of carbonyl (C=O) groups excluding carboxylic acids is 1. The molecule has 3 rings (SSSR count). The quantitative estimate of drug-likeness (QED) is 0.875. The van der Waals surface area contributed by atoms with Gasteiger partial charge in [-0.15, -0.1) is 0 Å². The van der Waals surface area contributed by atoms with Gasteiger partial charge in [-0.3, -0.25) is 10.1 Å². The molecule has 2 fully saturated rings. The molecule has 2 aliphatic rings. The van der Waals surface area contributed by atoms with Crippen LogP contribution in [0.1, 0.15) is 48.5 Å². The first kappa shape index (κ1) is 14.5. The molecule has 1 saturated carbocycles. The highest BCUT2D eigenvalue weighted by Crippen LogP contribution is 2.33. The third kappa shape index (κ3) is 2.83. The maximum absolute atomic E-state index is 12.3. The topological polar surface area (TPSA) is 52.6 Å². The number of carbonyl (C=O) groups is 1. The molecule has 1 aromatic rings. The van der Waals surface area contributed by atoms with Crippen molar-refractivity contribution in [3.63, 3.8) is 0 Å². The molecule has 1 aliphatic heterocycles. The molecule has 1 atom stereocenters. The molecule has 0 spiro atoms. The summed E-state index contributed by atoms with van der Waals surface area (Å²) in [6.45, 7) is 4.60. The van der Waals surface area contributed by atoms with Gasteiger partial charge in [0, 0.05) is 6.04 Å². The zero-order valence-electron chi connectivity index (χ0n) is 12.8. The van der Waals surface area contributed by atoms with E-state index in [2.05, 4.69) is 37.4 Å². The van der Waals surface area contributed by atoms with Gasteiger partial charge in [-0.05, 0) is 50.7 Å². The average Bonchev–Trinajstić information content (AvgIpc) is 2.84. The van der Waals surface area contributed by atoms with E-state index in [0.717, 1.165) is 25.7 Å². The maximum atomic E-state index is 12.3. The first-order valence-electron chi connectivity index (χ1n) is 7.86. The molecule has 1 aromatic carbocycles. The van der Waals surface area contributed by atoms with Crippen LogP contribution in [0, 0.1) is 13.8 Å². The van der Waals surface area contributed by atoms with Gasteiger partial charge in [0.05, 0.1) is 12.6 Å². The SMILES string of the molecule is Cc1ccc(C)c(C2NCC(=O)N2C2CCC(O)CC2)c1. The van der Waals surface area contributed by atoms with Crippen LogP contribution in [0.3, 0.4) is 0 Å². The molecule has 2 N–H and O–H groups in total. The molecule has 0 aromatic heterocycles. The number of aryl methyl sites for hydroxylation is 2. The number of hydrogen-bond donors (Lipinski definition) is 2. The van der Waals surface area contributed by atoms with Crippen molar-refractivity contribution < 1.29 is 9.90 Å². The second-order valence-electron chi connectivity index (χ2n) is 6.41. The molecule has 0 bridgehead atoms. The van der Waals surface area contributed by atoms with Crippen molar-refractivity contribution in [1.29, 1.82) is 0 Å². The Morgan fingerprint density at radius 1 is 1.19 bits per heavy atom. The van der Waals surface area contributed by atoms with E-state index in [1.165, 1.54) is 16.7 Å². The zero-order valence-corrected chi connectivity index (χ0v) is 12.8. The fraction of sp³-hybridized carbons (Fsp3) is 0.588. The van der Waals surface area contributed by atoms with E-state index in [1.54, 1.807) is 0 Å². The summed E-state index contributed by atoms with van der Waals surface area (Å²) in [5.41, 5.74) is 3.64. The summed E-state index contributed by atoms with van der Waals surface area (Å²) < 4.78 is 0. The fourth-order valence-electron chi connectivity index (χ4n) is 3.58. The number of nitrogens with zero attached hydrogens (tertiary/aromatic N) is 1. The Bertz CT molecular complexity index is 536. The summed E-state index contributed by atoms with van der Waals surface area (Å²) in [7, 11) is 0. The van der Waals surface area contributed by atoms with Crippen LogP contribution in [-0.4, -0.2) is 34.6 Å². The number of aliphatic hydroxyl groups is 1. The molecule has 114 valence electrons. The molecular weight excluding hydrogens is 264 g/mol. The summed E-state index contributed by atoms with van der Waals surface area (Å²) in [5, 5.41) is 13.0. The molecule has 1 saturated heterocycles. The maximum Gasteiger partial charge on any atom is 0.238 e. The van der Waals surface area contributed by atoms with Gasteiger partial charge in [0.1, 0.15) is 6.17 Å². The van der Waals surface area contributed by atoms with Crippen molar-refractivity contribution >= 4 is 5.91 Å². The van der Waals surface area contributed by atoms with Crippen molar-refractivity contribution in [1.82, 2.24) is 10.2 Å². The van der Waals surface area contributed by atoms with E-state index in [-0.39, 0.29) is 24.2 Å². The van der Waals surface area contributed by atoms with Gasteiger partial charge in [-0.25, -0.2) is 0 Å². The van der Waals surface area contributed by atoms with Gasteiger partial charge in [0.15, 0.2) is 0 Å². The van der Waals surface area contributed by atoms with Crippen molar-refractivity contribution in [2.45, 2.75) is 57.8 Å². The number of aliphatic hydroxyl groups excluding tert-OH is 1. The van der Waals surface area contributed by atoms with E-state index in [4.69, 9.17) is 0 Å². The first-order chi connectivity index (χ1) is 10.1. The first-order valence-corrected chi connectivity index (χ1v) is 7.86. The minimum atomic E-state index is -0.189. The molecule has 21 heavy (non-hydrogen) atoms. The summed E-state index contributed by atoms with van der Waals surface area (Å²) >= 11 is 0. The summed E-state index contributed by atoms with van der Waals surface area (Å²) in [4.78, 5) is 14.4. The van der Waals surface area contributed by atoms with E-state index >= 15 is 0 Å². The van der Waals surface area contributed by atoms with Gasteiger partial charge in [0.25, 0.3) is 0 Å². The number of hydrogen-bond acceptors (Lipinski definition) is 3. The van der Waals surface area contributed by atoms with Gasteiger partial charge < -0.3 is 10.0 Å². The Morgan fingerprint density at radius 3 is 2.62 bits per heavy atom. The number of rotatable bonds is 2. The lowest BCUT2D eigenvalue weighted by Gasteiger charge is -2.37. The largest absolute Gasteiger partial charge is 0.393 e. The Balaban J connectivity index is 1.87. The highest BCUT2D eigenvalue weighted by molar-refractivity contribution is 5.81. The standard InChI is InChI=1S/C17H24N2O2/c1-11-3-4-12(2)15(9-11)17-18-10-16(21)19(17)13-5-7-14(20)8-6-13/h3-4,9,13-14,17-18,20H,5-8,10H2,1-2H3. The van der Waals surface area contributed by atoms with Gasteiger partial charge in [-0.2, -0.15) is 0 Å². The summed E-state index contributed by atoms with van der Waals surface area (Å²) in [5.74, 6) is 0.183. The Hall–Kier alpha value is -1.39. The normalized spacial score (nSPS) is 30.0. The monoisotopic (exact) mass is 288 g/mol. The third-order valence-corrected chi connectivity index (χ3v) is 4.80. The predicted molar refractivity (Wildman–Crippen MR) is 81.8 cm³/mol. The van der Waals surface area contributed by atoms with Crippen molar-refractivity contribution in [3.05, 3.63) is 34.9 Å². The summed E-state index contributed by atoms with van der Waals surface area (Å²) in [6.07, 6.45) is 3.19. The lowest BCUT2D eigenvalue weighted by Crippen LogP contribution is -2.42. The smallest absolute Gasteiger partial charge is 0.238 e. The molecule has 1 aliphatic carbocycles. The zero-order chi connectivity index (χ0) is 15.0. The molecular formula is C17H24N2O2. The van der Waals surface area contributed by atoms with Crippen LogP contribution in [0.2, 0.25) is 0 Å². The van der Waals surface area contributed by atoms with Gasteiger partial charge in [0.2, 0.25) is 5.91 Å². The number of amides is 1. The van der Waals surface area contributed by atoms with E-state index in [0.29, 0.717) is 6.54 Å². The lowest BCUT2D eigenvalue weighted by molar-refractivity contribution is -0.131. The van der Waals surface area contributed by atoms with Crippen molar-refractivity contribution in [3.8, 4) is 0 Å². The van der Waals surface area contributed by atoms with Crippen LogP contribution in [-0.2, 0) is 4.79 Å². The molecule has 4 nitrogen and oxygen atoms in total. The predicted octanol–water partition coefficient (Wildman–Crippen LogP) is 2.04. The number of nitrogens with one attached hydrogen (secondary N) is 1. The minimum absolute atomic E-state index is 0.0161. The van der Waals surface area contributed by atoms with E-state index in [1.807, 2.05) is 4.90 Å². The third-order valence-electron chi connectivity index (χ3n) is 4.80. The fourth-order valence-corrected chi connectivity index (χ4v) is 3.58. The van der Waals surface area contributed by atoms with Crippen molar-refractivity contribution in [2.75, 3.05) is 6.54 Å². The highest BCUT2D eigenvalue weighted by atomic mass is 16.3. The summed E-state index contributed by atoms with van der Waals surface area (Å²) in [6, 6.07) is 6.66. The molecule has 0 radical (unpaired) electrons. The van der Waals surface area contributed by atoms with Crippen molar-refractivity contribution in [2.24, 2.45) is 0 Å².